The molecule has 0 saturated heterocycles. The Labute approximate surface area is 105 Å². The summed E-state index contributed by atoms with van der Waals surface area (Å²) in [5, 5.41) is 11.2. The van der Waals surface area contributed by atoms with E-state index in [0.717, 1.165) is 0 Å². The number of nitrogens with two attached hydrogens (primary N) is 1. The van der Waals surface area contributed by atoms with Gasteiger partial charge in [0, 0.05) is 12.7 Å². The standard InChI is InChI=1S/C12H14N4O2/c1-12(2,11(14)18)7-16-10(17)9-4-3-8(5-13)6-15-9/h3-4,6H,7H2,1-2H3,(H2,14,18)(H,16,17). The van der Waals surface area contributed by atoms with Crippen molar-refractivity contribution in [2.75, 3.05) is 6.54 Å². The summed E-state index contributed by atoms with van der Waals surface area (Å²) in [5.74, 6) is -0.899. The SMILES string of the molecule is CC(C)(CNC(=O)c1ccc(C#N)cn1)C(N)=O. The summed E-state index contributed by atoms with van der Waals surface area (Å²) in [5.41, 5.74) is 4.94. The fraction of sp³-hybridized carbons (Fsp3) is 0.333. The molecule has 0 aliphatic rings. The summed E-state index contributed by atoms with van der Waals surface area (Å²) in [7, 11) is 0. The fourth-order valence-corrected chi connectivity index (χ4v) is 1.07. The van der Waals surface area contributed by atoms with Gasteiger partial charge >= 0.3 is 0 Å². The van der Waals surface area contributed by atoms with Crippen molar-refractivity contribution in [3.8, 4) is 6.07 Å². The first-order valence-electron chi connectivity index (χ1n) is 5.31. The summed E-state index contributed by atoms with van der Waals surface area (Å²) in [4.78, 5) is 26.6. The molecule has 0 atom stereocenters. The number of nitriles is 1. The number of carbonyl (C=O) groups excluding carboxylic acids is 2. The molecular formula is C12H14N4O2. The average Bonchev–Trinajstić information content (AvgIpc) is 2.36. The van der Waals surface area contributed by atoms with Gasteiger partial charge in [-0.15, -0.1) is 0 Å². The molecule has 0 unspecified atom stereocenters. The van der Waals surface area contributed by atoms with Crippen LogP contribution in [-0.2, 0) is 4.79 Å². The van der Waals surface area contributed by atoms with E-state index in [1.807, 2.05) is 6.07 Å². The van der Waals surface area contributed by atoms with E-state index >= 15 is 0 Å². The van der Waals surface area contributed by atoms with Gasteiger partial charge in [-0.25, -0.2) is 4.98 Å². The van der Waals surface area contributed by atoms with Crippen LogP contribution in [0.15, 0.2) is 18.3 Å². The lowest BCUT2D eigenvalue weighted by molar-refractivity contribution is -0.125. The molecule has 2 amide bonds. The normalized spacial score (nSPS) is 10.5. The molecule has 6 nitrogen and oxygen atoms in total. The van der Waals surface area contributed by atoms with Crippen LogP contribution in [0, 0.1) is 16.7 Å². The molecule has 18 heavy (non-hydrogen) atoms. The molecular weight excluding hydrogens is 232 g/mol. The lowest BCUT2D eigenvalue weighted by atomic mass is 9.93. The van der Waals surface area contributed by atoms with Crippen molar-refractivity contribution >= 4 is 11.8 Å². The van der Waals surface area contributed by atoms with E-state index < -0.39 is 17.2 Å². The zero-order valence-corrected chi connectivity index (χ0v) is 10.2. The average molecular weight is 246 g/mol. The highest BCUT2D eigenvalue weighted by Gasteiger charge is 2.25. The number of hydrogen-bond donors (Lipinski definition) is 2. The van der Waals surface area contributed by atoms with Crippen molar-refractivity contribution in [2.24, 2.45) is 11.1 Å². The molecule has 1 aromatic heterocycles. The summed E-state index contributed by atoms with van der Waals surface area (Å²) >= 11 is 0. The Hall–Kier alpha value is -2.42. The zero-order chi connectivity index (χ0) is 13.8. The second kappa shape index (κ2) is 5.27. The van der Waals surface area contributed by atoms with E-state index in [1.165, 1.54) is 18.3 Å². The van der Waals surface area contributed by atoms with Crippen LogP contribution in [0.2, 0.25) is 0 Å². The zero-order valence-electron chi connectivity index (χ0n) is 10.2. The Morgan fingerprint density at radius 1 is 1.50 bits per heavy atom. The van der Waals surface area contributed by atoms with Gasteiger partial charge < -0.3 is 11.1 Å². The number of pyridine rings is 1. The van der Waals surface area contributed by atoms with Gasteiger partial charge in [0.25, 0.3) is 5.91 Å². The lowest BCUT2D eigenvalue weighted by Gasteiger charge is -2.20. The van der Waals surface area contributed by atoms with Crippen molar-refractivity contribution in [1.82, 2.24) is 10.3 Å². The van der Waals surface area contributed by atoms with Gasteiger partial charge in [0.2, 0.25) is 5.91 Å². The van der Waals surface area contributed by atoms with Gasteiger partial charge in [-0.2, -0.15) is 5.26 Å². The third kappa shape index (κ3) is 3.28. The highest BCUT2D eigenvalue weighted by Crippen LogP contribution is 2.12. The highest BCUT2D eigenvalue weighted by atomic mass is 16.2. The second-order valence-corrected chi connectivity index (χ2v) is 4.47. The number of carbonyl (C=O) groups is 2. The summed E-state index contributed by atoms with van der Waals surface area (Å²) in [6, 6.07) is 4.86. The molecule has 1 aromatic rings. The molecule has 0 spiro atoms. The van der Waals surface area contributed by atoms with Crippen LogP contribution in [0.3, 0.4) is 0 Å². The number of primary amides is 1. The van der Waals surface area contributed by atoms with E-state index in [2.05, 4.69) is 10.3 Å². The lowest BCUT2D eigenvalue weighted by Crippen LogP contribution is -2.42. The minimum absolute atomic E-state index is 0.128. The topological polar surface area (TPSA) is 109 Å². The van der Waals surface area contributed by atoms with Crippen molar-refractivity contribution in [3.63, 3.8) is 0 Å². The van der Waals surface area contributed by atoms with Crippen LogP contribution < -0.4 is 11.1 Å². The van der Waals surface area contributed by atoms with Crippen LogP contribution >= 0.6 is 0 Å². The summed E-state index contributed by atoms with van der Waals surface area (Å²) in [6.07, 6.45) is 1.31. The molecule has 1 heterocycles. The number of nitrogens with one attached hydrogen (secondary N) is 1. The number of amides is 2. The van der Waals surface area contributed by atoms with E-state index in [4.69, 9.17) is 11.0 Å². The van der Waals surface area contributed by atoms with Gasteiger partial charge in [-0.1, -0.05) is 0 Å². The van der Waals surface area contributed by atoms with Crippen molar-refractivity contribution in [3.05, 3.63) is 29.6 Å². The predicted octanol–water partition coefficient (Wildman–Crippen LogP) is 0.195. The number of hydrogen-bond acceptors (Lipinski definition) is 4. The van der Waals surface area contributed by atoms with Gasteiger partial charge in [0.05, 0.1) is 11.0 Å². The van der Waals surface area contributed by atoms with E-state index in [9.17, 15) is 9.59 Å². The van der Waals surface area contributed by atoms with Crippen LogP contribution in [0.25, 0.3) is 0 Å². The quantitative estimate of drug-likeness (QED) is 0.790. The summed E-state index contributed by atoms with van der Waals surface area (Å²) in [6.45, 7) is 3.41. The summed E-state index contributed by atoms with van der Waals surface area (Å²) < 4.78 is 0. The molecule has 1 rings (SSSR count). The maximum absolute atomic E-state index is 11.7. The number of rotatable bonds is 4. The highest BCUT2D eigenvalue weighted by molar-refractivity contribution is 5.92. The Morgan fingerprint density at radius 3 is 2.61 bits per heavy atom. The number of nitrogens with zero attached hydrogens (tertiary/aromatic N) is 2. The Bertz CT molecular complexity index is 500. The molecule has 0 aliphatic carbocycles. The Kier molecular flexibility index (Phi) is 4.00. The van der Waals surface area contributed by atoms with Crippen LogP contribution in [-0.4, -0.2) is 23.3 Å². The van der Waals surface area contributed by atoms with Crippen LogP contribution in [0.4, 0.5) is 0 Å². The van der Waals surface area contributed by atoms with Crippen molar-refractivity contribution in [1.29, 1.82) is 5.26 Å². The van der Waals surface area contributed by atoms with Gasteiger partial charge in [-0.05, 0) is 26.0 Å². The molecule has 0 radical (unpaired) electrons. The Morgan fingerprint density at radius 2 is 2.17 bits per heavy atom. The molecule has 6 heteroatoms. The van der Waals surface area contributed by atoms with Gasteiger partial charge in [0.15, 0.2) is 0 Å². The predicted molar refractivity (Wildman–Crippen MR) is 64.3 cm³/mol. The first-order chi connectivity index (χ1) is 8.36. The third-order valence-corrected chi connectivity index (χ3v) is 2.48. The van der Waals surface area contributed by atoms with Crippen molar-refractivity contribution < 1.29 is 9.59 Å². The minimum atomic E-state index is -0.817. The Balaban J connectivity index is 2.66. The monoisotopic (exact) mass is 246 g/mol. The third-order valence-electron chi connectivity index (χ3n) is 2.48. The smallest absolute Gasteiger partial charge is 0.269 e. The molecule has 0 bridgehead atoms. The van der Waals surface area contributed by atoms with Crippen molar-refractivity contribution in [2.45, 2.75) is 13.8 Å². The van der Waals surface area contributed by atoms with Crippen LogP contribution in [0.5, 0.6) is 0 Å². The minimum Gasteiger partial charge on any atom is -0.369 e. The maximum Gasteiger partial charge on any atom is 0.269 e. The molecule has 0 aromatic carbocycles. The molecule has 0 fully saturated rings. The number of aromatic nitrogens is 1. The van der Waals surface area contributed by atoms with E-state index in [-0.39, 0.29) is 12.2 Å². The first-order valence-corrected chi connectivity index (χ1v) is 5.31. The molecule has 94 valence electrons. The van der Waals surface area contributed by atoms with E-state index in [0.29, 0.717) is 5.56 Å². The fourth-order valence-electron chi connectivity index (χ4n) is 1.07. The largest absolute Gasteiger partial charge is 0.369 e. The van der Waals surface area contributed by atoms with Crippen LogP contribution in [0.1, 0.15) is 29.9 Å². The first kappa shape index (κ1) is 13.6. The van der Waals surface area contributed by atoms with Gasteiger partial charge in [-0.3, -0.25) is 9.59 Å². The van der Waals surface area contributed by atoms with Gasteiger partial charge in [0.1, 0.15) is 11.8 Å². The maximum atomic E-state index is 11.7. The molecule has 0 aliphatic heterocycles. The molecule has 0 saturated carbocycles. The second-order valence-electron chi connectivity index (χ2n) is 4.47. The molecule has 3 N–H and O–H groups in total. The van der Waals surface area contributed by atoms with E-state index in [1.54, 1.807) is 13.8 Å².